The summed E-state index contributed by atoms with van der Waals surface area (Å²) < 4.78 is 4.98. The lowest BCUT2D eigenvalue weighted by Crippen LogP contribution is -2.24. The van der Waals surface area contributed by atoms with E-state index >= 15 is 0 Å². The van der Waals surface area contributed by atoms with Crippen LogP contribution in [0.3, 0.4) is 0 Å². The van der Waals surface area contributed by atoms with E-state index in [0.29, 0.717) is 12.5 Å². The van der Waals surface area contributed by atoms with Crippen molar-refractivity contribution in [2.24, 2.45) is 11.8 Å². The molecule has 1 heterocycles. The minimum atomic E-state index is -0.0330. The van der Waals surface area contributed by atoms with Gasteiger partial charge < -0.3 is 10.1 Å². The molecule has 2 unspecified atom stereocenters. The molecule has 1 rings (SSSR count). The highest BCUT2D eigenvalue weighted by Gasteiger charge is 2.32. The van der Waals surface area contributed by atoms with Gasteiger partial charge in [-0.3, -0.25) is 4.79 Å². The van der Waals surface area contributed by atoms with Crippen LogP contribution in [0.2, 0.25) is 0 Å². The Bertz CT molecular complexity index is 164. The molecule has 1 N–H and O–H groups in total. The Kier molecular flexibility index (Phi) is 6.08. The molecular formula is C9H18ClNO2. The van der Waals surface area contributed by atoms with Gasteiger partial charge in [0, 0.05) is 6.54 Å². The van der Waals surface area contributed by atoms with Crippen LogP contribution in [0.5, 0.6) is 0 Å². The molecule has 0 spiro atoms. The molecule has 0 aromatic rings. The van der Waals surface area contributed by atoms with E-state index in [1.807, 2.05) is 6.92 Å². The summed E-state index contributed by atoms with van der Waals surface area (Å²) in [5.74, 6) is 0.536. The molecule has 0 amide bonds. The van der Waals surface area contributed by atoms with E-state index in [2.05, 4.69) is 12.2 Å². The number of halogens is 1. The van der Waals surface area contributed by atoms with Crippen LogP contribution in [0.1, 0.15) is 20.3 Å². The van der Waals surface area contributed by atoms with E-state index in [4.69, 9.17) is 4.74 Å². The fourth-order valence-electron chi connectivity index (χ4n) is 1.69. The number of nitrogens with one attached hydrogen (secondary N) is 1. The third-order valence-corrected chi connectivity index (χ3v) is 2.45. The van der Waals surface area contributed by atoms with Crippen molar-refractivity contribution in [2.75, 3.05) is 19.7 Å². The van der Waals surface area contributed by atoms with Crippen molar-refractivity contribution < 1.29 is 9.53 Å². The molecular weight excluding hydrogens is 190 g/mol. The molecule has 0 aliphatic carbocycles. The molecule has 0 radical (unpaired) electrons. The minimum absolute atomic E-state index is 0. The van der Waals surface area contributed by atoms with Crippen molar-refractivity contribution in [1.82, 2.24) is 5.32 Å². The van der Waals surface area contributed by atoms with E-state index < -0.39 is 0 Å². The van der Waals surface area contributed by atoms with Crippen molar-refractivity contribution in [1.29, 1.82) is 0 Å². The van der Waals surface area contributed by atoms with Crippen LogP contribution in [0, 0.1) is 11.8 Å². The summed E-state index contributed by atoms with van der Waals surface area (Å²) in [6.45, 7) is 6.20. The molecule has 1 fully saturated rings. The van der Waals surface area contributed by atoms with Crippen molar-refractivity contribution in [3.8, 4) is 0 Å². The maximum Gasteiger partial charge on any atom is 0.310 e. The first-order valence-electron chi connectivity index (χ1n) is 4.66. The van der Waals surface area contributed by atoms with Gasteiger partial charge in [0.2, 0.25) is 0 Å². The first kappa shape index (κ1) is 12.7. The van der Waals surface area contributed by atoms with Crippen LogP contribution < -0.4 is 5.32 Å². The van der Waals surface area contributed by atoms with Crippen molar-refractivity contribution in [3.05, 3.63) is 0 Å². The molecule has 2 atom stereocenters. The summed E-state index contributed by atoms with van der Waals surface area (Å²) in [5.41, 5.74) is 0. The largest absolute Gasteiger partial charge is 0.466 e. The molecule has 0 aromatic heterocycles. The van der Waals surface area contributed by atoms with E-state index in [0.717, 1.165) is 19.5 Å². The molecule has 0 aromatic carbocycles. The number of carbonyl (C=O) groups is 1. The summed E-state index contributed by atoms with van der Waals surface area (Å²) in [5, 5.41) is 3.21. The van der Waals surface area contributed by atoms with Crippen LogP contribution in [0.4, 0.5) is 0 Å². The van der Waals surface area contributed by atoms with Gasteiger partial charge in [0.15, 0.2) is 0 Å². The second-order valence-corrected chi connectivity index (χ2v) is 3.19. The van der Waals surface area contributed by atoms with Gasteiger partial charge in [-0.15, -0.1) is 12.4 Å². The number of hydrogen-bond donors (Lipinski definition) is 1. The lowest BCUT2D eigenvalue weighted by Gasteiger charge is -2.14. The second kappa shape index (κ2) is 6.22. The summed E-state index contributed by atoms with van der Waals surface area (Å²) in [6, 6.07) is 0. The van der Waals surface area contributed by atoms with Crippen molar-refractivity contribution >= 4 is 18.4 Å². The number of carbonyl (C=O) groups excluding carboxylic acids is 1. The van der Waals surface area contributed by atoms with Crippen LogP contribution in [0.15, 0.2) is 0 Å². The predicted molar refractivity (Wildman–Crippen MR) is 54.0 cm³/mol. The smallest absolute Gasteiger partial charge is 0.310 e. The van der Waals surface area contributed by atoms with Gasteiger partial charge >= 0.3 is 5.97 Å². The third-order valence-electron chi connectivity index (χ3n) is 2.45. The van der Waals surface area contributed by atoms with Crippen molar-refractivity contribution in [3.63, 3.8) is 0 Å². The lowest BCUT2D eigenvalue weighted by molar-refractivity contribution is -0.148. The van der Waals surface area contributed by atoms with Gasteiger partial charge in [-0.25, -0.2) is 0 Å². The van der Waals surface area contributed by atoms with E-state index in [1.165, 1.54) is 0 Å². The Morgan fingerprint density at radius 2 is 2.15 bits per heavy atom. The van der Waals surface area contributed by atoms with Gasteiger partial charge in [0.25, 0.3) is 0 Å². The normalized spacial score (nSPS) is 26.6. The second-order valence-electron chi connectivity index (χ2n) is 3.19. The van der Waals surface area contributed by atoms with E-state index in [-0.39, 0.29) is 24.3 Å². The number of ether oxygens (including phenoxy) is 1. The van der Waals surface area contributed by atoms with Gasteiger partial charge in [-0.1, -0.05) is 13.3 Å². The molecule has 1 aliphatic rings. The highest BCUT2D eigenvalue weighted by Crippen LogP contribution is 2.20. The molecule has 13 heavy (non-hydrogen) atoms. The predicted octanol–water partition coefficient (Wildman–Crippen LogP) is 1.22. The zero-order valence-electron chi connectivity index (χ0n) is 8.21. The summed E-state index contributed by atoms with van der Waals surface area (Å²) in [7, 11) is 0. The van der Waals surface area contributed by atoms with Gasteiger partial charge in [-0.05, 0) is 19.4 Å². The van der Waals surface area contributed by atoms with Gasteiger partial charge in [-0.2, -0.15) is 0 Å². The number of esters is 1. The fraction of sp³-hybridized carbons (Fsp3) is 0.889. The third kappa shape index (κ3) is 3.16. The maximum absolute atomic E-state index is 11.4. The number of hydrogen-bond acceptors (Lipinski definition) is 3. The Hall–Kier alpha value is -0.280. The molecule has 0 saturated carbocycles. The zero-order valence-corrected chi connectivity index (χ0v) is 9.02. The van der Waals surface area contributed by atoms with Gasteiger partial charge in [0.1, 0.15) is 0 Å². The Morgan fingerprint density at radius 3 is 2.69 bits per heavy atom. The van der Waals surface area contributed by atoms with Gasteiger partial charge in [0.05, 0.1) is 12.5 Å². The van der Waals surface area contributed by atoms with E-state index in [9.17, 15) is 4.79 Å². The van der Waals surface area contributed by atoms with Crippen LogP contribution in [-0.4, -0.2) is 25.7 Å². The Labute approximate surface area is 85.6 Å². The first-order chi connectivity index (χ1) is 5.79. The molecule has 0 bridgehead atoms. The van der Waals surface area contributed by atoms with Crippen LogP contribution in [0.25, 0.3) is 0 Å². The zero-order chi connectivity index (χ0) is 8.97. The average molecular weight is 208 g/mol. The van der Waals surface area contributed by atoms with Crippen LogP contribution in [-0.2, 0) is 9.53 Å². The highest BCUT2D eigenvalue weighted by atomic mass is 35.5. The quantitative estimate of drug-likeness (QED) is 0.708. The topological polar surface area (TPSA) is 38.3 Å². The Morgan fingerprint density at radius 1 is 1.46 bits per heavy atom. The Balaban J connectivity index is 0.00000144. The SMILES string of the molecule is CCOC(=O)C1CNCC1CC.Cl. The van der Waals surface area contributed by atoms with Crippen LogP contribution >= 0.6 is 12.4 Å². The molecule has 4 heteroatoms. The van der Waals surface area contributed by atoms with E-state index in [1.54, 1.807) is 0 Å². The number of rotatable bonds is 3. The highest BCUT2D eigenvalue weighted by molar-refractivity contribution is 5.85. The molecule has 78 valence electrons. The lowest BCUT2D eigenvalue weighted by atomic mass is 9.94. The monoisotopic (exact) mass is 207 g/mol. The molecule has 3 nitrogen and oxygen atoms in total. The average Bonchev–Trinajstić information content (AvgIpc) is 2.51. The first-order valence-corrected chi connectivity index (χ1v) is 4.66. The molecule has 1 aliphatic heterocycles. The standard InChI is InChI=1S/C9H17NO2.ClH/c1-3-7-5-10-6-8(7)9(11)12-4-2;/h7-8,10H,3-6H2,1-2H3;1H. The molecule has 1 saturated heterocycles. The van der Waals surface area contributed by atoms with Crippen molar-refractivity contribution in [2.45, 2.75) is 20.3 Å². The summed E-state index contributed by atoms with van der Waals surface area (Å²) in [4.78, 5) is 11.4. The summed E-state index contributed by atoms with van der Waals surface area (Å²) in [6.07, 6.45) is 1.05. The summed E-state index contributed by atoms with van der Waals surface area (Å²) >= 11 is 0. The fourth-order valence-corrected chi connectivity index (χ4v) is 1.69. The maximum atomic E-state index is 11.4. The minimum Gasteiger partial charge on any atom is -0.466 e.